The summed E-state index contributed by atoms with van der Waals surface area (Å²) in [4.78, 5) is 18.6. The highest BCUT2D eigenvalue weighted by Gasteiger charge is 2.46. The number of rotatable bonds is 6. The van der Waals surface area contributed by atoms with Gasteiger partial charge < -0.3 is 19.4 Å². The number of furan rings is 1. The van der Waals surface area contributed by atoms with Crippen molar-refractivity contribution in [1.82, 2.24) is 15.2 Å². The van der Waals surface area contributed by atoms with Gasteiger partial charge in [0.05, 0.1) is 11.1 Å². The largest absolute Gasteiger partial charge is 0.461 e. The second kappa shape index (κ2) is 9.02. The zero-order chi connectivity index (χ0) is 25.7. The summed E-state index contributed by atoms with van der Waals surface area (Å²) in [6.45, 7) is 3.40. The first-order chi connectivity index (χ1) is 17.0. The highest BCUT2D eigenvalue weighted by atomic mass is 19.4. The van der Waals surface area contributed by atoms with Gasteiger partial charge in [0, 0.05) is 36.8 Å². The van der Waals surface area contributed by atoms with Gasteiger partial charge in [0.15, 0.2) is 5.69 Å². The first kappa shape index (κ1) is 24.5. The van der Waals surface area contributed by atoms with Crippen LogP contribution in [0, 0.1) is 6.92 Å². The summed E-state index contributed by atoms with van der Waals surface area (Å²) < 4.78 is 79.6. The van der Waals surface area contributed by atoms with Crippen molar-refractivity contribution < 1.29 is 35.9 Å². The Labute approximate surface area is 203 Å². The Morgan fingerprint density at radius 2 is 1.83 bits per heavy atom. The lowest BCUT2D eigenvalue weighted by Gasteiger charge is -2.32. The number of benzene rings is 1. The summed E-state index contributed by atoms with van der Waals surface area (Å²) >= 11 is 0. The number of alkyl halides is 5. The number of halogens is 5. The van der Waals surface area contributed by atoms with Crippen molar-refractivity contribution in [2.24, 2.45) is 0 Å². The van der Waals surface area contributed by atoms with Gasteiger partial charge in [-0.25, -0.2) is 0 Å². The molecule has 1 aromatic carbocycles. The van der Waals surface area contributed by atoms with Crippen molar-refractivity contribution in [1.29, 1.82) is 0 Å². The maximum absolute atomic E-state index is 14.8. The number of aryl methyl sites for hydroxylation is 1. The molecule has 6 nitrogen and oxygen atoms in total. The molecule has 0 unspecified atom stereocenters. The molecule has 1 aliphatic carbocycles. The molecule has 3 heterocycles. The number of carbonyl (C=O) groups is 1. The van der Waals surface area contributed by atoms with E-state index in [0.29, 0.717) is 17.9 Å². The number of carbonyl (C=O) groups excluding carboxylic acids is 1. The summed E-state index contributed by atoms with van der Waals surface area (Å²) in [6, 6.07) is 5.90. The van der Waals surface area contributed by atoms with Crippen LogP contribution in [0.5, 0.6) is 5.75 Å². The van der Waals surface area contributed by atoms with Crippen LogP contribution in [-0.4, -0.2) is 41.0 Å². The van der Waals surface area contributed by atoms with Crippen LogP contribution in [0.25, 0.3) is 11.0 Å². The van der Waals surface area contributed by atoms with Gasteiger partial charge in [-0.15, -0.1) is 0 Å². The van der Waals surface area contributed by atoms with Crippen molar-refractivity contribution in [2.45, 2.75) is 57.0 Å². The van der Waals surface area contributed by atoms with Crippen molar-refractivity contribution in [3.8, 4) is 5.75 Å². The number of pyridine rings is 1. The van der Waals surface area contributed by atoms with Crippen LogP contribution in [0.4, 0.5) is 22.0 Å². The van der Waals surface area contributed by atoms with Gasteiger partial charge in [0.25, 0.3) is 5.91 Å². The third-order valence-corrected chi connectivity index (χ3v) is 6.63. The normalized spacial score (nSPS) is 17.9. The first-order valence-corrected chi connectivity index (χ1v) is 11.7. The van der Waals surface area contributed by atoms with Gasteiger partial charge in [-0.3, -0.25) is 9.78 Å². The lowest BCUT2D eigenvalue weighted by Crippen LogP contribution is -2.45. The number of amides is 1. The van der Waals surface area contributed by atoms with Crippen molar-refractivity contribution >= 4 is 16.9 Å². The molecule has 1 saturated carbocycles. The molecule has 2 aromatic heterocycles. The van der Waals surface area contributed by atoms with Crippen molar-refractivity contribution in [2.75, 3.05) is 13.1 Å². The molecule has 2 aliphatic rings. The molecule has 0 bridgehead atoms. The van der Waals surface area contributed by atoms with Gasteiger partial charge in [-0.05, 0) is 62.9 Å². The fourth-order valence-corrected chi connectivity index (χ4v) is 4.72. The SMILES string of the molecule is Cc1oc2ccc(OC(F)(F)c3cccnc3C(F)(F)F)cc2c1C(=O)NC1CCN(C2CC2)CC1. The minimum atomic E-state index is -5.09. The van der Waals surface area contributed by atoms with Crippen molar-refractivity contribution in [3.63, 3.8) is 0 Å². The van der Waals surface area contributed by atoms with Crippen LogP contribution < -0.4 is 10.1 Å². The van der Waals surface area contributed by atoms with E-state index in [9.17, 15) is 26.7 Å². The summed E-state index contributed by atoms with van der Waals surface area (Å²) in [5.41, 5.74) is -2.69. The Bertz CT molecular complexity index is 1280. The monoisotopic (exact) mass is 509 g/mol. The van der Waals surface area contributed by atoms with E-state index in [1.807, 2.05) is 0 Å². The Morgan fingerprint density at radius 3 is 2.50 bits per heavy atom. The highest BCUT2D eigenvalue weighted by molar-refractivity contribution is 6.07. The molecule has 36 heavy (non-hydrogen) atoms. The summed E-state index contributed by atoms with van der Waals surface area (Å²) in [6.07, 6.45) is -4.57. The molecule has 1 N–H and O–H groups in total. The average molecular weight is 509 g/mol. The van der Waals surface area contributed by atoms with Crippen molar-refractivity contribution in [3.05, 3.63) is 59.1 Å². The number of nitrogens with zero attached hydrogens (tertiary/aromatic N) is 2. The average Bonchev–Trinajstić information content (AvgIpc) is 3.61. The number of hydrogen-bond donors (Lipinski definition) is 1. The summed E-state index contributed by atoms with van der Waals surface area (Å²) in [5, 5.41) is 3.24. The van der Waals surface area contributed by atoms with Gasteiger partial charge in [0.1, 0.15) is 17.1 Å². The molecule has 1 aliphatic heterocycles. The second-order valence-electron chi connectivity index (χ2n) is 9.22. The molecule has 5 rings (SSSR count). The number of likely N-dealkylation sites (tertiary alicyclic amines) is 1. The molecule has 1 amide bonds. The molecule has 0 spiro atoms. The van der Waals surface area contributed by atoms with E-state index < -0.39 is 35.2 Å². The molecule has 0 radical (unpaired) electrons. The predicted molar refractivity (Wildman–Crippen MR) is 120 cm³/mol. The van der Waals surface area contributed by atoms with E-state index in [-0.39, 0.29) is 22.6 Å². The Morgan fingerprint density at radius 1 is 1.11 bits per heavy atom. The highest BCUT2D eigenvalue weighted by Crippen LogP contribution is 2.40. The fraction of sp³-hybridized carbons (Fsp3) is 0.440. The van der Waals surface area contributed by atoms with E-state index in [2.05, 4.69) is 15.2 Å². The van der Waals surface area contributed by atoms with E-state index in [4.69, 9.17) is 9.15 Å². The zero-order valence-electron chi connectivity index (χ0n) is 19.4. The number of ether oxygens (including phenoxy) is 1. The number of fused-ring (bicyclic) bond motifs is 1. The lowest BCUT2D eigenvalue weighted by atomic mass is 10.0. The minimum absolute atomic E-state index is 0.0213. The van der Waals surface area contributed by atoms with E-state index >= 15 is 0 Å². The van der Waals surface area contributed by atoms with Gasteiger partial charge in [-0.1, -0.05) is 0 Å². The smallest absolute Gasteiger partial charge is 0.433 e. The number of aromatic nitrogens is 1. The fourth-order valence-electron chi connectivity index (χ4n) is 4.72. The molecule has 11 heteroatoms. The molecule has 1 saturated heterocycles. The third-order valence-electron chi connectivity index (χ3n) is 6.63. The molecule has 3 aromatic rings. The minimum Gasteiger partial charge on any atom is -0.461 e. The van der Waals surface area contributed by atoms with E-state index in [1.165, 1.54) is 25.0 Å². The van der Waals surface area contributed by atoms with Gasteiger partial charge >= 0.3 is 12.3 Å². The van der Waals surface area contributed by atoms with Crippen LogP contribution in [0.1, 0.15) is 53.1 Å². The van der Waals surface area contributed by atoms with Crippen LogP contribution in [0.2, 0.25) is 0 Å². The quantitative estimate of drug-likeness (QED) is 0.436. The van der Waals surface area contributed by atoms with E-state index in [0.717, 1.165) is 44.3 Å². The number of piperidine rings is 1. The van der Waals surface area contributed by atoms with Crippen LogP contribution >= 0.6 is 0 Å². The molecule has 2 fully saturated rings. The number of hydrogen-bond acceptors (Lipinski definition) is 5. The van der Waals surface area contributed by atoms with Crippen LogP contribution in [0.3, 0.4) is 0 Å². The Kier molecular flexibility index (Phi) is 6.14. The van der Waals surface area contributed by atoms with Crippen LogP contribution in [-0.2, 0) is 12.3 Å². The molecular formula is C25H24F5N3O3. The van der Waals surface area contributed by atoms with Gasteiger partial charge in [-0.2, -0.15) is 22.0 Å². The predicted octanol–water partition coefficient (Wildman–Crippen LogP) is 5.64. The summed E-state index contributed by atoms with van der Waals surface area (Å²) in [7, 11) is 0. The molecular weight excluding hydrogens is 485 g/mol. The maximum Gasteiger partial charge on any atom is 0.433 e. The van der Waals surface area contributed by atoms with E-state index in [1.54, 1.807) is 6.92 Å². The second-order valence-corrected chi connectivity index (χ2v) is 9.22. The Balaban J connectivity index is 1.37. The summed E-state index contributed by atoms with van der Waals surface area (Å²) in [5.74, 6) is -0.517. The topological polar surface area (TPSA) is 67.6 Å². The van der Waals surface area contributed by atoms with Crippen LogP contribution in [0.15, 0.2) is 40.9 Å². The third kappa shape index (κ3) is 4.88. The molecule has 0 atom stereocenters. The maximum atomic E-state index is 14.8. The molecule has 192 valence electrons. The Hall–Kier alpha value is -3.21. The standard InChI is InChI=1S/C25H24F5N3O3/c1-14-21(23(34)32-15-8-11-33(12-9-15)16-4-5-16)18-13-17(6-7-20(18)35-14)36-25(29,30)19-3-2-10-31-22(19)24(26,27)28/h2-3,6-7,10,13,15-16H,4-5,8-9,11-12H2,1H3,(H,32,34). The lowest BCUT2D eigenvalue weighted by molar-refractivity contribution is -0.196. The van der Waals surface area contributed by atoms with Gasteiger partial charge in [0.2, 0.25) is 0 Å². The number of nitrogens with one attached hydrogen (secondary N) is 1. The zero-order valence-corrected chi connectivity index (χ0v) is 19.4. The first-order valence-electron chi connectivity index (χ1n) is 11.7.